The second kappa shape index (κ2) is 5.31. The molecule has 0 spiro atoms. The molecule has 0 saturated carbocycles. The lowest BCUT2D eigenvalue weighted by Crippen LogP contribution is -2.27. The fourth-order valence-corrected chi connectivity index (χ4v) is 3.24. The van der Waals surface area contributed by atoms with Crippen LogP contribution in [0.1, 0.15) is 11.1 Å². The summed E-state index contributed by atoms with van der Waals surface area (Å²) in [4.78, 5) is 0.304. The maximum absolute atomic E-state index is 12.2. The van der Waals surface area contributed by atoms with Crippen LogP contribution in [0.25, 0.3) is 0 Å². The van der Waals surface area contributed by atoms with E-state index < -0.39 is 10.0 Å². The van der Waals surface area contributed by atoms with Gasteiger partial charge in [0.25, 0.3) is 0 Å². The Hall–Kier alpha value is -1.77. The molecule has 0 radical (unpaired) electrons. The second-order valence-corrected chi connectivity index (χ2v) is 6.36. The second-order valence-electron chi connectivity index (χ2n) is 4.60. The fourth-order valence-electron chi connectivity index (χ4n) is 2.17. The first-order valence-electron chi connectivity index (χ1n) is 6.31. The summed E-state index contributed by atoms with van der Waals surface area (Å²) in [6.07, 6.45) is 3.25. The number of hydrogen-bond donors (Lipinski definition) is 2. The topological polar surface area (TPSA) is 88.9 Å². The highest BCUT2D eigenvalue weighted by atomic mass is 32.2. The first-order chi connectivity index (χ1) is 9.65. The molecule has 8 heteroatoms. The predicted octanol–water partition coefficient (Wildman–Crippen LogP) is -0.140. The smallest absolute Gasteiger partial charge is 0.240 e. The van der Waals surface area contributed by atoms with Crippen LogP contribution in [0.4, 0.5) is 0 Å². The summed E-state index contributed by atoms with van der Waals surface area (Å²) in [6.45, 7) is 2.25. The lowest BCUT2D eigenvalue weighted by molar-refractivity contribution is 0.553. The number of rotatable bonds is 5. The van der Waals surface area contributed by atoms with Gasteiger partial charge in [0.05, 0.1) is 17.6 Å². The van der Waals surface area contributed by atoms with Crippen molar-refractivity contribution in [1.82, 2.24) is 25.0 Å². The molecule has 0 fully saturated rings. The molecule has 0 unspecified atom stereocenters. The first-order valence-corrected chi connectivity index (χ1v) is 7.80. The van der Waals surface area contributed by atoms with E-state index in [4.69, 9.17) is 0 Å². The van der Waals surface area contributed by atoms with Gasteiger partial charge < -0.3 is 5.32 Å². The Morgan fingerprint density at radius 2 is 2.15 bits per heavy atom. The van der Waals surface area contributed by atoms with Crippen molar-refractivity contribution in [2.24, 2.45) is 0 Å². The van der Waals surface area contributed by atoms with Gasteiger partial charge in [0.2, 0.25) is 10.0 Å². The van der Waals surface area contributed by atoms with Crippen LogP contribution in [-0.2, 0) is 29.7 Å². The van der Waals surface area contributed by atoms with Gasteiger partial charge in [-0.2, -0.15) is 0 Å². The molecule has 0 aliphatic carbocycles. The van der Waals surface area contributed by atoms with Gasteiger partial charge in [0, 0.05) is 25.8 Å². The lowest BCUT2D eigenvalue weighted by Gasteiger charge is -2.08. The van der Waals surface area contributed by atoms with Gasteiger partial charge in [-0.3, -0.25) is 4.68 Å². The van der Waals surface area contributed by atoms with Crippen LogP contribution in [0, 0.1) is 0 Å². The summed E-state index contributed by atoms with van der Waals surface area (Å²) < 4.78 is 28.5. The summed E-state index contributed by atoms with van der Waals surface area (Å²) in [5, 5.41) is 10.6. The maximum Gasteiger partial charge on any atom is 0.240 e. The minimum absolute atomic E-state index is 0.279. The zero-order chi connectivity index (χ0) is 14.0. The van der Waals surface area contributed by atoms with Crippen molar-refractivity contribution < 1.29 is 8.42 Å². The number of nitrogens with zero attached hydrogens (tertiary/aromatic N) is 3. The average molecular weight is 293 g/mol. The Bertz CT molecular complexity index is 697. The predicted molar refractivity (Wildman–Crippen MR) is 72.2 cm³/mol. The first kappa shape index (κ1) is 13.2. The third-order valence-corrected chi connectivity index (χ3v) is 4.68. The van der Waals surface area contributed by atoms with Gasteiger partial charge in [0.1, 0.15) is 0 Å². The minimum Gasteiger partial charge on any atom is -0.309 e. The van der Waals surface area contributed by atoms with Crippen molar-refractivity contribution in [3.05, 3.63) is 41.7 Å². The monoisotopic (exact) mass is 293 g/mol. The molecule has 0 bridgehead atoms. The number of sulfonamides is 1. The lowest BCUT2D eigenvalue weighted by atomic mass is 10.1. The van der Waals surface area contributed by atoms with E-state index in [1.54, 1.807) is 29.2 Å². The van der Waals surface area contributed by atoms with Gasteiger partial charge in [-0.25, -0.2) is 13.1 Å². The quantitative estimate of drug-likeness (QED) is 0.801. The van der Waals surface area contributed by atoms with E-state index in [1.807, 2.05) is 6.07 Å². The van der Waals surface area contributed by atoms with Crippen molar-refractivity contribution in [3.8, 4) is 0 Å². The number of aromatic nitrogens is 3. The van der Waals surface area contributed by atoms with Crippen molar-refractivity contribution in [1.29, 1.82) is 0 Å². The molecule has 7 nitrogen and oxygen atoms in total. The summed E-state index contributed by atoms with van der Waals surface area (Å²) in [5.74, 6) is 0. The van der Waals surface area contributed by atoms with Crippen LogP contribution in [0.3, 0.4) is 0 Å². The molecule has 1 aliphatic rings. The molecule has 20 heavy (non-hydrogen) atoms. The van der Waals surface area contributed by atoms with Crippen molar-refractivity contribution in [3.63, 3.8) is 0 Å². The number of hydrogen-bond acceptors (Lipinski definition) is 5. The highest BCUT2D eigenvalue weighted by Gasteiger charge is 2.17. The fraction of sp³-hybridized carbons (Fsp3) is 0.333. The molecule has 0 atom stereocenters. The molecule has 3 rings (SSSR count). The minimum atomic E-state index is -3.47. The van der Waals surface area contributed by atoms with Crippen LogP contribution in [0.2, 0.25) is 0 Å². The molecular formula is C12H15N5O2S. The SMILES string of the molecule is O=S(=O)(NCCn1ccnn1)c1ccc2c(c1)CNC2. The third kappa shape index (κ3) is 2.72. The standard InChI is InChI=1S/C12H15N5O2S/c18-20(19,15-4-6-17-5-3-14-16-17)12-2-1-10-8-13-9-11(10)7-12/h1-3,5,7,13,15H,4,6,8-9H2. The number of nitrogens with one attached hydrogen (secondary N) is 2. The molecular weight excluding hydrogens is 278 g/mol. The number of fused-ring (bicyclic) bond motifs is 1. The van der Waals surface area contributed by atoms with Crippen LogP contribution < -0.4 is 10.0 Å². The molecule has 2 aromatic rings. The van der Waals surface area contributed by atoms with E-state index in [2.05, 4.69) is 20.4 Å². The van der Waals surface area contributed by atoms with E-state index in [1.165, 1.54) is 0 Å². The molecule has 106 valence electrons. The van der Waals surface area contributed by atoms with Crippen molar-refractivity contribution in [2.75, 3.05) is 6.54 Å². The molecule has 1 aliphatic heterocycles. The van der Waals surface area contributed by atoms with Crippen LogP contribution in [-0.4, -0.2) is 30.0 Å². The summed E-state index contributed by atoms with van der Waals surface area (Å²) in [5.41, 5.74) is 2.20. The Morgan fingerprint density at radius 3 is 2.95 bits per heavy atom. The van der Waals surface area contributed by atoms with E-state index in [0.29, 0.717) is 11.4 Å². The Morgan fingerprint density at radius 1 is 1.30 bits per heavy atom. The van der Waals surface area contributed by atoms with E-state index in [9.17, 15) is 8.42 Å². The Labute approximate surface area is 117 Å². The molecule has 0 amide bonds. The third-order valence-electron chi connectivity index (χ3n) is 3.22. The van der Waals surface area contributed by atoms with Gasteiger partial charge >= 0.3 is 0 Å². The highest BCUT2D eigenvalue weighted by molar-refractivity contribution is 7.89. The zero-order valence-corrected chi connectivity index (χ0v) is 11.6. The summed E-state index contributed by atoms with van der Waals surface area (Å²) >= 11 is 0. The molecule has 0 saturated heterocycles. The van der Waals surface area contributed by atoms with Crippen molar-refractivity contribution >= 4 is 10.0 Å². The zero-order valence-electron chi connectivity index (χ0n) is 10.8. The van der Waals surface area contributed by atoms with Crippen LogP contribution in [0.15, 0.2) is 35.5 Å². The summed E-state index contributed by atoms with van der Waals surface area (Å²) in [6, 6.07) is 5.23. The maximum atomic E-state index is 12.2. The van der Waals surface area contributed by atoms with Gasteiger partial charge in [-0.15, -0.1) is 5.10 Å². The normalized spacial score (nSPS) is 14.4. The van der Waals surface area contributed by atoms with Gasteiger partial charge in [0.15, 0.2) is 0 Å². The average Bonchev–Trinajstić information content (AvgIpc) is 3.08. The summed E-state index contributed by atoms with van der Waals surface area (Å²) in [7, 11) is -3.47. The van der Waals surface area contributed by atoms with Crippen LogP contribution in [0.5, 0.6) is 0 Å². The largest absolute Gasteiger partial charge is 0.309 e. The van der Waals surface area contributed by atoms with Crippen molar-refractivity contribution in [2.45, 2.75) is 24.5 Å². The molecule has 1 aromatic heterocycles. The molecule has 1 aromatic carbocycles. The molecule has 2 heterocycles. The highest BCUT2D eigenvalue weighted by Crippen LogP contribution is 2.19. The van der Waals surface area contributed by atoms with Crippen LogP contribution >= 0.6 is 0 Å². The Kier molecular flexibility index (Phi) is 3.51. The van der Waals surface area contributed by atoms with E-state index >= 15 is 0 Å². The van der Waals surface area contributed by atoms with Gasteiger partial charge in [-0.1, -0.05) is 11.3 Å². The molecule has 2 N–H and O–H groups in total. The number of benzene rings is 1. The van der Waals surface area contributed by atoms with Gasteiger partial charge in [-0.05, 0) is 23.3 Å². The Balaban J connectivity index is 1.68. The van der Waals surface area contributed by atoms with E-state index in [-0.39, 0.29) is 6.54 Å². The van der Waals surface area contributed by atoms with E-state index in [0.717, 1.165) is 24.2 Å².